The van der Waals surface area contributed by atoms with E-state index < -0.39 is 23.2 Å². The Balaban J connectivity index is 1.40. The maximum Gasteiger partial charge on any atom is 0.416 e. The van der Waals surface area contributed by atoms with Gasteiger partial charge in [-0.1, -0.05) is 18.2 Å². The minimum absolute atomic E-state index is 0.280. The summed E-state index contributed by atoms with van der Waals surface area (Å²) in [6, 6.07) is 19.3. The smallest absolute Gasteiger partial charge is 0.386 e. The van der Waals surface area contributed by atoms with Crippen LogP contribution in [0.5, 0.6) is 0 Å². The summed E-state index contributed by atoms with van der Waals surface area (Å²) in [6.45, 7) is 5.20. The Bertz CT molecular complexity index is 2060. The van der Waals surface area contributed by atoms with Crippen LogP contribution in [0.2, 0.25) is 0 Å². The summed E-state index contributed by atoms with van der Waals surface area (Å²) in [7, 11) is 0. The molecule has 6 aromatic rings. The van der Waals surface area contributed by atoms with Crippen molar-refractivity contribution in [3.05, 3.63) is 105 Å². The molecule has 0 spiro atoms. The summed E-state index contributed by atoms with van der Waals surface area (Å²) < 4.78 is 41.8. The largest absolute Gasteiger partial charge is 0.416 e. The van der Waals surface area contributed by atoms with Crippen LogP contribution < -0.4 is 10.9 Å². The molecule has 6 nitrogen and oxygen atoms in total. The first-order valence-electron chi connectivity index (χ1n) is 12.7. The lowest BCUT2D eigenvalue weighted by Gasteiger charge is -2.19. The Morgan fingerprint density at radius 2 is 1.68 bits per heavy atom. The van der Waals surface area contributed by atoms with Gasteiger partial charge in [0, 0.05) is 16.0 Å². The number of nitrogens with one attached hydrogen (secondary N) is 2. The Morgan fingerprint density at radius 3 is 2.41 bits per heavy atom. The van der Waals surface area contributed by atoms with E-state index in [-0.39, 0.29) is 10.4 Å². The molecule has 0 unspecified atom stereocenters. The van der Waals surface area contributed by atoms with Crippen molar-refractivity contribution in [2.24, 2.45) is 0 Å². The topological polar surface area (TPSA) is 86.6 Å². The summed E-state index contributed by atoms with van der Waals surface area (Å²) >= 11 is 1.12. The van der Waals surface area contributed by atoms with Gasteiger partial charge in [-0.05, 0) is 91.9 Å². The molecule has 1 amide bonds. The van der Waals surface area contributed by atoms with Gasteiger partial charge in [-0.3, -0.25) is 9.59 Å². The molecule has 3 aromatic heterocycles. The number of aromatic amines is 1. The third-order valence-electron chi connectivity index (χ3n) is 7.23. The maximum absolute atomic E-state index is 13.2. The van der Waals surface area contributed by atoms with E-state index in [0.717, 1.165) is 45.8 Å². The molecular weight excluding hydrogens is 551 g/mol. The predicted molar refractivity (Wildman–Crippen MR) is 156 cm³/mol. The standard InChI is InChI=1S/C31H24F3N3O3S/c1-16-20(23-10-11-25-28(38)36-22-15-18(30(2,3)40)7-9-24(22)37(23)25)5-4-6-21(16)35-29(39)27-14-17-13-19(31(32,33)34)8-12-26(17)41-27/h4-15,40H,1-3H3,(H,35,39)(H,36,38). The van der Waals surface area contributed by atoms with Crippen molar-refractivity contribution >= 4 is 49.6 Å². The van der Waals surface area contributed by atoms with Crippen LogP contribution >= 0.6 is 11.3 Å². The van der Waals surface area contributed by atoms with E-state index in [0.29, 0.717) is 32.4 Å². The Morgan fingerprint density at radius 1 is 0.951 bits per heavy atom. The average Bonchev–Trinajstić information content (AvgIpc) is 3.54. The Labute approximate surface area is 235 Å². The van der Waals surface area contributed by atoms with Crippen molar-refractivity contribution in [2.75, 3.05) is 5.32 Å². The first-order valence-corrected chi connectivity index (χ1v) is 13.6. The van der Waals surface area contributed by atoms with Gasteiger partial charge in [-0.25, -0.2) is 0 Å². The predicted octanol–water partition coefficient (Wildman–Crippen LogP) is 7.47. The number of hydrogen-bond acceptors (Lipinski definition) is 4. The first-order chi connectivity index (χ1) is 19.3. The van der Waals surface area contributed by atoms with Gasteiger partial charge in [-0.2, -0.15) is 13.2 Å². The lowest BCUT2D eigenvalue weighted by Crippen LogP contribution is -2.16. The zero-order chi connectivity index (χ0) is 29.3. The second kappa shape index (κ2) is 9.32. The van der Waals surface area contributed by atoms with Crippen LogP contribution in [0.3, 0.4) is 0 Å². The van der Waals surface area contributed by atoms with Crippen LogP contribution in [-0.2, 0) is 11.8 Å². The van der Waals surface area contributed by atoms with Gasteiger partial charge in [0.25, 0.3) is 11.5 Å². The van der Waals surface area contributed by atoms with Gasteiger partial charge in [0.1, 0.15) is 5.52 Å². The van der Waals surface area contributed by atoms with Crippen LogP contribution in [0.4, 0.5) is 18.9 Å². The number of aliphatic hydroxyl groups is 1. The number of carbonyl (C=O) groups is 1. The molecule has 0 saturated carbocycles. The number of nitrogens with zero attached hydrogens (tertiary/aromatic N) is 1. The number of halogens is 3. The monoisotopic (exact) mass is 575 g/mol. The first kappa shape index (κ1) is 26.8. The van der Waals surface area contributed by atoms with E-state index in [9.17, 15) is 27.9 Å². The molecule has 41 heavy (non-hydrogen) atoms. The number of carbonyl (C=O) groups excluding carboxylic acids is 1. The van der Waals surface area contributed by atoms with Gasteiger partial charge in [0.15, 0.2) is 0 Å². The van der Waals surface area contributed by atoms with Crippen LogP contribution in [0.1, 0.15) is 40.2 Å². The molecule has 0 atom stereocenters. The molecule has 10 heteroatoms. The van der Waals surface area contributed by atoms with E-state index in [1.165, 1.54) is 12.1 Å². The van der Waals surface area contributed by atoms with Gasteiger partial charge in [0.05, 0.1) is 32.8 Å². The normalized spacial score (nSPS) is 12.5. The molecule has 3 aromatic carbocycles. The Hall–Kier alpha value is -4.41. The van der Waals surface area contributed by atoms with Crippen molar-refractivity contribution in [3.8, 4) is 11.3 Å². The average molecular weight is 576 g/mol. The maximum atomic E-state index is 13.2. The minimum atomic E-state index is -4.47. The van der Waals surface area contributed by atoms with Gasteiger partial charge < -0.3 is 19.8 Å². The van der Waals surface area contributed by atoms with Crippen molar-refractivity contribution in [3.63, 3.8) is 0 Å². The molecule has 208 valence electrons. The number of thiophene rings is 1. The van der Waals surface area contributed by atoms with Crippen LogP contribution in [-0.4, -0.2) is 20.4 Å². The lowest BCUT2D eigenvalue weighted by atomic mass is 9.98. The van der Waals surface area contributed by atoms with Crippen LogP contribution in [0.25, 0.3) is 37.9 Å². The number of H-pyrrole nitrogens is 1. The highest BCUT2D eigenvalue weighted by molar-refractivity contribution is 7.20. The number of anilines is 1. The SMILES string of the molecule is Cc1c(NC(=O)c2cc3cc(C(F)(F)F)ccc3s2)cccc1-c1ccc2c(=O)[nH]c3cc(C(C)(C)O)ccc3n12. The van der Waals surface area contributed by atoms with Crippen molar-refractivity contribution < 1.29 is 23.1 Å². The third kappa shape index (κ3) is 4.68. The minimum Gasteiger partial charge on any atom is -0.386 e. The van der Waals surface area contributed by atoms with Gasteiger partial charge in [-0.15, -0.1) is 11.3 Å². The summed E-state index contributed by atoms with van der Waals surface area (Å²) in [4.78, 5) is 29.3. The number of fused-ring (bicyclic) bond motifs is 4. The van der Waals surface area contributed by atoms with Gasteiger partial charge >= 0.3 is 6.18 Å². The van der Waals surface area contributed by atoms with E-state index in [1.54, 1.807) is 38.1 Å². The number of aromatic nitrogens is 2. The van der Waals surface area contributed by atoms with E-state index in [4.69, 9.17) is 0 Å². The van der Waals surface area contributed by atoms with Crippen molar-refractivity contribution in [1.29, 1.82) is 0 Å². The fourth-order valence-electron chi connectivity index (χ4n) is 5.05. The second-order valence-corrected chi connectivity index (χ2v) is 11.6. The molecule has 0 bridgehead atoms. The zero-order valence-electron chi connectivity index (χ0n) is 22.2. The van der Waals surface area contributed by atoms with Crippen molar-refractivity contribution in [2.45, 2.75) is 32.5 Å². The molecule has 0 fully saturated rings. The molecular formula is C31H24F3N3O3S. The number of amides is 1. The summed E-state index contributed by atoms with van der Waals surface area (Å²) in [5.41, 5.74) is 3.10. The Kier molecular flexibility index (Phi) is 6.09. The summed E-state index contributed by atoms with van der Waals surface area (Å²) in [5.74, 6) is -0.430. The second-order valence-electron chi connectivity index (χ2n) is 10.5. The summed E-state index contributed by atoms with van der Waals surface area (Å²) in [6.07, 6.45) is -4.47. The van der Waals surface area contributed by atoms with Crippen LogP contribution in [0, 0.1) is 6.92 Å². The number of benzene rings is 3. The molecule has 0 aliphatic heterocycles. The zero-order valence-corrected chi connectivity index (χ0v) is 23.0. The van der Waals surface area contributed by atoms with E-state index >= 15 is 0 Å². The van der Waals surface area contributed by atoms with Crippen molar-refractivity contribution in [1.82, 2.24) is 9.38 Å². The molecule has 0 aliphatic carbocycles. The highest BCUT2D eigenvalue weighted by Crippen LogP contribution is 2.36. The molecule has 3 heterocycles. The van der Waals surface area contributed by atoms with Gasteiger partial charge in [0.2, 0.25) is 0 Å². The molecule has 3 N–H and O–H groups in total. The third-order valence-corrected chi connectivity index (χ3v) is 8.35. The fraction of sp³-hybridized carbons (Fsp3) is 0.161. The highest BCUT2D eigenvalue weighted by Gasteiger charge is 2.30. The fourth-order valence-corrected chi connectivity index (χ4v) is 5.98. The van der Waals surface area contributed by atoms with E-state index in [2.05, 4.69) is 10.3 Å². The summed E-state index contributed by atoms with van der Waals surface area (Å²) in [5, 5.41) is 13.7. The van der Waals surface area contributed by atoms with Crippen LogP contribution in [0.15, 0.2) is 77.6 Å². The molecule has 0 radical (unpaired) electrons. The quantitative estimate of drug-likeness (QED) is 0.204. The number of rotatable bonds is 4. The molecule has 0 aliphatic rings. The highest BCUT2D eigenvalue weighted by atomic mass is 32.1. The molecule has 0 saturated heterocycles. The van der Waals surface area contributed by atoms with E-state index in [1.807, 2.05) is 35.6 Å². The number of hydrogen-bond donors (Lipinski definition) is 3. The lowest BCUT2D eigenvalue weighted by molar-refractivity contribution is -0.137. The number of alkyl halides is 3. The molecule has 6 rings (SSSR count).